The highest BCUT2D eigenvalue weighted by molar-refractivity contribution is 6.23. The Morgan fingerprint density at radius 3 is 2.35 bits per heavy atom. The molecule has 0 saturated carbocycles. The van der Waals surface area contributed by atoms with Gasteiger partial charge >= 0.3 is 0 Å². The summed E-state index contributed by atoms with van der Waals surface area (Å²) in [5.41, 5.74) is 3.72. The predicted molar refractivity (Wildman–Crippen MR) is 197 cm³/mol. The number of rotatable bonds is 10. The predicted octanol–water partition coefficient (Wildman–Crippen LogP) is 3.97. The number of amides is 4. The highest BCUT2D eigenvalue weighted by atomic mass is 16.5. The number of piperidine rings is 2. The summed E-state index contributed by atoms with van der Waals surface area (Å²) in [4.78, 5) is 70.3. The lowest BCUT2D eigenvalue weighted by atomic mass is 9.93. The first-order valence-corrected chi connectivity index (χ1v) is 18.0. The third-order valence-electron chi connectivity index (χ3n) is 10.7. The molecule has 15 heteroatoms. The Morgan fingerprint density at radius 1 is 0.873 bits per heavy atom. The largest absolute Gasteiger partial charge is 0.496 e. The standard InChI is InChI=1S/C40H38N6O9/c1-44-19-30(26-8-11-41-18-29(26)38(44)49)23-14-34(52-2)31(35(15-23)53-3)20-45-12-9-22(10-13-45)32-17-25(55-43-32)21-54-24-4-5-27-28(16-24)40(51)46(39(27)50)33-6-7-36(47)42-37(33)48/h4-5,8,11,14-19,22,33H,6-7,9-10,12-13,20-21H2,1-3H3,(H,42,47,48). The molecule has 4 amide bonds. The molecule has 15 nitrogen and oxygen atoms in total. The lowest BCUT2D eigenvalue weighted by molar-refractivity contribution is -0.136. The molecule has 8 rings (SSSR count). The van der Waals surface area contributed by atoms with Gasteiger partial charge in [-0.05, 0) is 79.7 Å². The van der Waals surface area contributed by atoms with Gasteiger partial charge in [0, 0.05) is 56.2 Å². The first-order chi connectivity index (χ1) is 26.6. The molecule has 1 atom stereocenters. The number of hydrogen-bond acceptors (Lipinski definition) is 12. The van der Waals surface area contributed by atoms with E-state index in [1.807, 2.05) is 30.5 Å². The number of nitrogens with zero attached hydrogens (tertiary/aromatic N) is 5. The van der Waals surface area contributed by atoms with Crippen LogP contribution in [-0.2, 0) is 29.8 Å². The number of hydrogen-bond donors (Lipinski definition) is 1. The average molecular weight is 747 g/mol. The molecule has 2 fully saturated rings. The van der Waals surface area contributed by atoms with Gasteiger partial charge in [-0.2, -0.15) is 0 Å². The first kappa shape index (κ1) is 35.7. The molecule has 3 aromatic heterocycles. The van der Waals surface area contributed by atoms with E-state index in [0.29, 0.717) is 34.9 Å². The summed E-state index contributed by atoms with van der Waals surface area (Å²) in [5, 5.41) is 7.87. The summed E-state index contributed by atoms with van der Waals surface area (Å²) in [6, 6.07) is 11.2. The van der Waals surface area contributed by atoms with Crippen LogP contribution in [0.15, 0.2) is 70.4 Å². The fourth-order valence-corrected chi connectivity index (χ4v) is 7.73. The molecule has 1 unspecified atom stereocenters. The molecule has 0 bridgehead atoms. The third-order valence-corrected chi connectivity index (χ3v) is 10.7. The van der Waals surface area contributed by atoms with Gasteiger partial charge in [0.25, 0.3) is 17.4 Å². The van der Waals surface area contributed by atoms with E-state index in [0.717, 1.165) is 58.6 Å². The fourth-order valence-electron chi connectivity index (χ4n) is 7.73. The Kier molecular flexibility index (Phi) is 9.38. The van der Waals surface area contributed by atoms with Crippen molar-refractivity contribution in [1.82, 2.24) is 29.8 Å². The molecule has 6 heterocycles. The maximum atomic E-state index is 13.2. The molecule has 2 aromatic carbocycles. The van der Waals surface area contributed by atoms with E-state index < -0.39 is 29.7 Å². The Balaban J connectivity index is 0.897. The molecule has 0 aliphatic carbocycles. The van der Waals surface area contributed by atoms with Crippen LogP contribution in [-0.4, -0.2) is 81.5 Å². The molecule has 2 saturated heterocycles. The van der Waals surface area contributed by atoms with Crippen LogP contribution >= 0.6 is 0 Å². The van der Waals surface area contributed by atoms with E-state index in [1.54, 1.807) is 44.3 Å². The Labute approximate surface area is 314 Å². The molecule has 5 aromatic rings. The van der Waals surface area contributed by atoms with Crippen LogP contribution < -0.4 is 25.1 Å². The molecule has 3 aliphatic heterocycles. The molecule has 0 radical (unpaired) electrons. The second kappa shape index (κ2) is 14.5. The number of benzene rings is 2. The number of carbonyl (C=O) groups excluding carboxylic acids is 4. The SMILES string of the molecule is COc1cc(-c2cn(C)c(=O)c3cnccc23)cc(OC)c1CN1CCC(c2cc(COc3ccc4c(c3)C(=O)N(C3CCC(=O)NC3=O)C4=O)on2)CC1. The van der Waals surface area contributed by atoms with Gasteiger partial charge in [-0.3, -0.25) is 44.1 Å². The van der Waals surface area contributed by atoms with Crippen molar-refractivity contribution in [2.75, 3.05) is 27.3 Å². The molecular formula is C40H38N6O9. The highest BCUT2D eigenvalue weighted by Crippen LogP contribution is 2.39. The Morgan fingerprint density at radius 2 is 1.62 bits per heavy atom. The zero-order valence-corrected chi connectivity index (χ0v) is 30.5. The van der Waals surface area contributed by atoms with Crippen molar-refractivity contribution in [1.29, 1.82) is 0 Å². The normalized spacial score (nSPS) is 17.8. The third kappa shape index (κ3) is 6.60. The minimum absolute atomic E-state index is 0.0494. The van der Waals surface area contributed by atoms with Gasteiger partial charge in [0.05, 0.1) is 42.0 Å². The van der Waals surface area contributed by atoms with Crippen molar-refractivity contribution in [3.05, 3.63) is 99.6 Å². The van der Waals surface area contributed by atoms with Gasteiger partial charge in [-0.25, -0.2) is 0 Å². The number of carbonyl (C=O) groups is 4. The second-order valence-corrected chi connectivity index (χ2v) is 14.0. The van der Waals surface area contributed by atoms with Crippen LogP contribution in [0.3, 0.4) is 0 Å². The van der Waals surface area contributed by atoms with Crippen molar-refractivity contribution in [2.24, 2.45) is 7.05 Å². The Hall–Kier alpha value is -6.35. The zero-order valence-electron chi connectivity index (χ0n) is 30.5. The molecule has 282 valence electrons. The van der Waals surface area contributed by atoms with Gasteiger partial charge < -0.3 is 23.3 Å². The summed E-state index contributed by atoms with van der Waals surface area (Å²) in [5.74, 6) is 0.185. The van der Waals surface area contributed by atoms with Gasteiger partial charge in [0.15, 0.2) is 5.76 Å². The van der Waals surface area contributed by atoms with E-state index in [4.69, 9.17) is 18.7 Å². The van der Waals surface area contributed by atoms with Crippen LogP contribution in [0.4, 0.5) is 0 Å². The van der Waals surface area contributed by atoms with Crippen molar-refractivity contribution >= 4 is 34.4 Å². The number of imide groups is 2. The van der Waals surface area contributed by atoms with E-state index >= 15 is 0 Å². The minimum Gasteiger partial charge on any atom is -0.496 e. The Bertz CT molecular complexity index is 2400. The van der Waals surface area contributed by atoms with E-state index in [9.17, 15) is 24.0 Å². The number of aryl methyl sites for hydroxylation is 1. The van der Waals surface area contributed by atoms with Crippen LogP contribution in [0.5, 0.6) is 17.2 Å². The number of nitrogens with one attached hydrogen (secondary N) is 1. The average Bonchev–Trinajstić information content (AvgIpc) is 3.77. The number of ether oxygens (including phenoxy) is 3. The first-order valence-electron chi connectivity index (χ1n) is 18.0. The lowest BCUT2D eigenvalue weighted by Crippen LogP contribution is -2.54. The summed E-state index contributed by atoms with van der Waals surface area (Å²) in [6.07, 6.45) is 6.94. The molecule has 55 heavy (non-hydrogen) atoms. The molecular weight excluding hydrogens is 708 g/mol. The maximum Gasteiger partial charge on any atom is 0.262 e. The van der Waals surface area contributed by atoms with Crippen LogP contribution in [0.25, 0.3) is 21.9 Å². The topological polar surface area (TPSA) is 175 Å². The number of methoxy groups -OCH3 is 2. The van der Waals surface area contributed by atoms with E-state index in [2.05, 4.69) is 20.4 Å². The number of aromatic nitrogens is 3. The highest BCUT2D eigenvalue weighted by Gasteiger charge is 2.44. The van der Waals surface area contributed by atoms with Crippen molar-refractivity contribution in [3.8, 4) is 28.4 Å². The second-order valence-electron chi connectivity index (χ2n) is 14.0. The molecule has 1 N–H and O–H groups in total. The van der Waals surface area contributed by atoms with Crippen molar-refractivity contribution in [2.45, 2.75) is 50.8 Å². The van der Waals surface area contributed by atoms with Crippen LogP contribution in [0, 0.1) is 0 Å². The van der Waals surface area contributed by atoms with E-state index in [1.165, 1.54) is 12.1 Å². The quantitative estimate of drug-likeness (QED) is 0.204. The van der Waals surface area contributed by atoms with Gasteiger partial charge in [0.2, 0.25) is 11.8 Å². The monoisotopic (exact) mass is 746 g/mol. The van der Waals surface area contributed by atoms with Crippen molar-refractivity contribution < 1.29 is 37.9 Å². The summed E-state index contributed by atoms with van der Waals surface area (Å²) in [7, 11) is 5.02. The maximum absolute atomic E-state index is 13.2. The summed E-state index contributed by atoms with van der Waals surface area (Å²) in [6.45, 7) is 2.31. The van der Waals surface area contributed by atoms with Gasteiger partial charge in [0.1, 0.15) is 29.9 Å². The minimum atomic E-state index is -1.04. The van der Waals surface area contributed by atoms with Crippen LogP contribution in [0.1, 0.15) is 69.3 Å². The van der Waals surface area contributed by atoms with Crippen LogP contribution in [0.2, 0.25) is 0 Å². The van der Waals surface area contributed by atoms with E-state index in [-0.39, 0.29) is 42.1 Å². The summed E-state index contributed by atoms with van der Waals surface area (Å²) < 4.78 is 24.9. The zero-order chi connectivity index (χ0) is 38.4. The fraction of sp³-hybridized carbons (Fsp3) is 0.325. The lowest BCUT2D eigenvalue weighted by Gasteiger charge is -2.31. The number of likely N-dealkylation sites (tertiary alicyclic amines) is 1. The smallest absolute Gasteiger partial charge is 0.262 e. The van der Waals surface area contributed by atoms with Gasteiger partial charge in [-0.1, -0.05) is 5.16 Å². The molecule has 3 aliphatic rings. The number of pyridine rings is 2. The number of fused-ring (bicyclic) bond motifs is 2. The molecule has 0 spiro atoms. The van der Waals surface area contributed by atoms with Gasteiger partial charge in [-0.15, -0.1) is 0 Å². The van der Waals surface area contributed by atoms with Crippen molar-refractivity contribution in [3.63, 3.8) is 0 Å². The summed E-state index contributed by atoms with van der Waals surface area (Å²) >= 11 is 0.